The summed E-state index contributed by atoms with van der Waals surface area (Å²) in [6.07, 6.45) is 0.830. The number of thioether (sulfide) groups is 1. The van der Waals surface area contributed by atoms with Crippen molar-refractivity contribution in [2.75, 3.05) is 0 Å². The lowest BCUT2D eigenvalue weighted by molar-refractivity contribution is -0.138. The molecule has 0 radical (unpaired) electrons. The van der Waals surface area contributed by atoms with E-state index in [-0.39, 0.29) is 22.9 Å². The van der Waals surface area contributed by atoms with Gasteiger partial charge in [-0.05, 0) is 36.4 Å². The number of carboxylic acid groups (broad SMARTS) is 1. The van der Waals surface area contributed by atoms with Gasteiger partial charge in [-0.25, -0.2) is 4.39 Å². The van der Waals surface area contributed by atoms with Crippen LogP contribution in [0.3, 0.4) is 0 Å². The molecule has 3 rings (SSSR count). The van der Waals surface area contributed by atoms with E-state index in [1.807, 2.05) is 0 Å². The molecule has 1 amide bonds. The van der Waals surface area contributed by atoms with Crippen molar-refractivity contribution in [2.24, 2.45) is 10.2 Å². The minimum atomic E-state index is -1.09. The van der Waals surface area contributed by atoms with Crippen molar-refractivity contribution in [1.82, 2.24) is 5.32 Å². The molecule has 144 valence electrons. The van der Waals surface area contributed by atoms with E-state index in [4.69, 9.17) is 21.4 Å². The summed E-state index contributed by atoms with van der Waals surface area (Å²) < 4.78 is 19.9. The Morgan fingerprint density at radius 1 is 1.32 bits per heavy atom. The molecular formula is C18H13ClFN3O4S. The normalized spacial score (nSPS) is 17.9. The van der Waals surface area contributed by atoms with Crippen molar-refractivity contribution in [2.45, 2.75) is 11.7 Å². The number of ether oxygens (including phenoxy) is 1. The van der Waals surface area contributed by atoms with E-state index in [9.17, 15) is 14.0 Å². The Labute approximate surface area is 168 Å². The smallest absolute Gasteiger partial charge is 0.305 e. The van der Waals surface area contributed by atoms with E-state index >= 15 is 0 Å². The Kier molecular flexibility index (Phi) is 6.27. The number of nitrogens with one attached hydrogen (secondary N) is 1. The Morgan fingerprint density at radius 3 is 2.79 bits per heavy atom. The van der Waals surface area contributed by atoms with Gasteiger partial charge in [-0.3, -0.25) is 9.59 Å². The quantitative estimate of drug-likeness (QED) is 0.547. The largest absolute Gasteiger partial charge is 0.481 e. The Hall–Kier alpha value is -2.91. The number of amidine groups is 1. The van der Waals surface area contributed by atoms with Gasteiger partial charge in [-0.15, -0.1) is 5.10 Å². The van der Waals surface area contributed by atoms with Crippen molar-refractivity contribution >= 4 is 46.6 Å². The van der Waals surface area contributed by atoms with Gasteiger partial charge < -0.3 is 15.2 Å². The fourth-order valence-corrected chi connectivity index (χ4v) is 3.29. The highest BCUT2D eigenvalue weighted by molar-refractivity contribution is 8.15. The van der Waals surface area contributed by atoms with Crippen LogP contribution in [0.15, 0.2) is 52.7 Å². The zero-order valence-electron chi connectivity index (χ0n) is 14.1. The molecule has 0 bridgehead atoms. The van der Waals surface area contributed by atoms with Crippen LogP contribution in [0.4, 0.5) is 4.39 Å². The average molecular weight is 422 g/mol. The van der Waals surface area contributed by atoms with E-state index < -0.39 is 22.9 Å². The van der Waals surface area contributed by atoms with Gasteiger partial charge >= 0.3 is 5.97 Å². The molecule has 7 nitrogen and oxygen atoms in total. The lowest BCUT2D eigenvalue weighted by Gasteiger charge is -2.09. The van der Waals surface area contributed by atoms with Crippen LogP contribution in [0, 0.1) is 5.82 Å². The first-order chi connectivity index (χ1) is 13.4. The number of amides is 1. The minimum Gasteiger partial charge on any atom is -0.481 e. The van der Waals surface area contributed by atoms with E-state index in [0.29, 0.717) is 10.8 Å². The number of hydrogen-bond donors (Lipinski definition) is 2. The van der Waals surface area contributed by atoms with Gasteiger partial charge in [0.15, 0.2) is 5.17 Å². The zero-order valence-corrected chi connectivity index (χ0v) is 15.7. The van der Waals surface area contributed by atoms with Gasteiger partial charge in [0, 0.05) is 5.02 Å². The molecule has 28 heavy (non-hydrogen) atoms. The first kappa shape index (κ1) is 19.8. The molecule has 0 spiro atoms. The second-order valence-electron chi connectivity index (χ2n) is 5.55. The first-order valence-corrected chi connectivity index (χ1v) is 9.20. The number of carbonyl (C=O) groups is 2. The lowest BCUT2D eigenvalue weighted by Crippen LogP contribution is -2.26. The van der Waals surface area contributed by atoms with E-state index in [0.717, 1.165) is 18.0 Å². The van der Waals surface area contributed by atoms with Gasteiger partial charge in [0.2, 0.25) is 5.91 Å². The standard InChI is InChI=1S/C18H13ClFN3O4S/c19-10-4-6-11(7-5-10)27-14-3-1-2-13(20)12(14)9-21-23-18-22-17(26)15(28-18)8-16(24)25/h1-7,9,15H,8H2,(H,24,25)(H,22,23,26). The van der Waals surface area contributed by atoms with Gasteiger partial charge in [0.1, 0.15) is 22.6 Å². The number of rotatable bonds is 6. The molecule has 2 N–H and O–H groups in total. The number of nitrogens with zero attached hydrogens (tertiary/aromatic N) is 2. The molecule has 10 heteroatoms. The zero-order chi connectivity index (χ0) is 20.1. The topological polar surface area (TPSA) is 100 Å². The summed E-state index contributed by atoms with van der Waals surface area (Å²) in [4.78, 5) is 22.4. The third kappa shape index (κ3) is 5.08. The molecule has 2 aromatic carbocycles. The summed E-state index contributed by atoms with van der Waals surface area (Å²) in [5.41, 5.74) is 0.0678. The fourth-order valence-electron chi connectivity index (χ4n) is 2.25. The lowest BCUT2D eigenvalue weighted by atomic mass is 10.2. The van der Waals surface area contributed by atoms with E-state index in [2.05, 4.69) is 15.5 Å². The van der Waals surface area contributed by atoms with Crippen LogP contribution in [0.1, 0.15) is 12.0 Å². The fraction of sp³-hybridized carbons (Fsp3) is 0.111. The maximum Gasteiger partial charge on any atom is 0.305 e. The third-order valence-corrected chi connectivity index (χ3v) is 4.85. The Balaban J connectivity index is 1.76. The van der Waals surface area contributed by atoms with Crippen LogP contribution in [-0.2, 0) is 9.59 Å². The van der Waals surface area contributed by atoms with Crippen molar-refractivity contribution in [3.05, 3.63) is 58.9 Å². The van der Waals surface area contributed by atoms with Gasteiger partial charge in [0.05, 0.1) is 18.2 Å². The van der Waals surface area contributed by atoms with Crippen molar-refractivity contribution < 1.29 is 23.8 Å². The van der Waals surface area contributed by atoms with Crippen LogP contribution < -0.4 is 10.1 Å². The van der Waals surface area contributed by atoms with Gasteiger partial charge in [0.25, 0.3) is 0 Å². The van der Waals surface area contributed by atoms with Gasteiger partial charge in [-0.1, -0.05) is 29.4 Å². The molecule has 1 saturated heterocycles. The summed E-state index contributed by atoms with van der Waals surface area (Å²) in [5, 5.41) is 18.7. The van der Waals surface area contributed by atoms with E-state index in [1.54, 1.807) is 30.3 Å². The number of halogens is 2. The maximum absolute atomic E-state index is 14.2. The van der Waals surface area contributed by atoms with Crippen LogP contribution >= 0.6 is 23.4 Å². The molecular weight excluding hydrogens is 409 g/mol. The summed E-state index contributed by atoms with van der Waals surface area (Å²) in [7, 11) is 0. The second-order valence-corrected chi connectivity index (χ2v) is 7.18. The second kappa shape index (κ2) is 8.85. The molecule has 1 heterocycles. The average Bonchev–Trinajstić information content (AvgIpc) is 2.98. The highest BCUT2D eigenvalue weighted by Gasteiger charge is 2.32. The molecule has 1 unspecified atom stereocenters. The summed E-state index contributed by atoms with van der Waals surface area (Å²) in [6, 6.07) is 10.9. The number of benzene rings is 2. The Bertz CT molecular complexity index is 966. The van der Waals surface area contributed by atoms with E-state index in [1.165, 1.54) is 12.1 Å². The van der Waals surface area contributed by atoms with Gasteiger partial charge in [-0.2, -0.15) is 5.10 Å². The molecule has 1 atom stereocenters. The molecule has 1 fully saturated rings. The molecule has 1 aliphatic rings. The number of carboxylic acids is 1. The highest BCUT2D eigenvalue weighted by Crippen LogP contribution is 2.27. The summed E-state index contributed by atoms with van der Waals surface area (Å²) in [6.45, 7) is 0. The van der Waals surface area contributed by atoms with Crippen LogP contribution in [-0.4, -0.2) is 33.6 Å². The van der Waals surface area contributed by atoms with Crippen LogP contribution in [0.2, 0.25) is 5.02 Å². The van der Waals surface area contributed by atoms with Crippen LogP contribution in [0.5, 0.6) is 11.5 Å². The molecule has 1 aliphatic heterocycles. The maximum atomic E-state index is 14.2. The minimum absolute atomic E-state index is 0.0678. The first-order valence-electron chi connectivity index (χ1n) is 7.94. The highest BCUT2D eigenvalue weighted by atomic mass is 35.5. The van der Waals surface area contributed by atoms with Crippen molar-refractivity contribution in [3.63, 3.8) is 0 Å². The number of hydrogen-bond acceptors (Lipinski definition) is 6. The molecule has 0 aromatic heterocycles. The molecule has 0 aliphatic carbocycles. The predicted molar refractivity (Wildman–Crippen MR) is 105 cm³/mol. The SMILES string of the molecule is O=C(O)CC1SC(=NN=Cc2c(F)cccc2Oc2ccc(Cl)cc2)NC1=O. The summed E-state index contributed by atoms with van der Waals surface area (Å²) in [5.74, 6) is -1.43. The Morgan fingerprint density at radius 2 is 2.07 bits per heavy atom. The third-order valence-electron chi connectivity index (χ3n) is 3.53. The molecule has 0 saturated carbocycles. The predicted octanol–water partition coefficient (Wildman–Crippen LogP) is 3.67. The number of aliphatic carboxylic acids is 1. The molecule has 2 aromatic rings. The van der Waals surface area contributed by atoms with Crippen LogP contribution in [0.25, 0.3) is 0 Å². The summed E-state index contributed by atoms with van der Waals surface area (Å²) >= 11 is 6.79. The monoisotopic (exact) mass is 421 g/mol. The van der Waals surface area contributed by atoms with Crippen molar-refractivity contribution in [1.29, 1.82) is 0 Å². The number of carbonyl (C=O) groups excluding carboxylic acids is 1. The van der Waals surface area contributed by atoms with Crippen molar-refractivity contribution in [3.8, 4) is 11.5 Å².